The van der Waals surface area contributed by atoms with Crippen molar-refractivity contribution in [3.8, 4) is 0 Å². The zero-order valence-electron chi connectivity index (χ0n) is 10.6. The summed E-state index contributed by atoms with van der Waals surface area (Å²) in [5, 5.41) is 3.29. The minimum atomic E-state index is -3.46. The van der Waals surface area contributed by atoms with Crippen LogP contribution in [-0.2, 0) is 16.6 Å². The molecule has 2 rings (SSSR count). The van der Waals surface area contributed by atoms with Crippen molar-refractivity contribution in [2.75, 3.05) is 13.6 Å². The fraction of sp³-hybridized carbons (Fsp3) is 0.667. The molecule has 0 unspecified atom stereocenters. The van der Waals surface area contributed by atoms with E-state index >= 15 is 0 Å². The molecule has 1 aliphatic rings. The zero-order chi connectivity index (χ0) is 13.0. The third kappa shape index (κ3) is 3.34. The van der Waals surface area contributed by atoms with E-state index < -0.39 is 10.0 Å². The maximum Gasteiger partial charge on any atom is 0.273 e. The molecule has 1 saturated carbocycles. The number of furan rings is 1. The van der Waals surface area contributed by atoms with Crippen LogP contribution >= 0.6 is 0 Å². The Kier molecular flexibility index (Phi) is 4.42. The van der Waals surface area contributed by atoms with Gasteiger partial charge >= 0.3 is 0 Å². The van der Waals surface area contributed by atoms with Gasteiger partial charge in [0.2, 0.25) is 5.09 Å². The second-order valence-electron chi connectivity index (χ2n) is 4.71. The fourth-order valence-corrected chi connectivity index (χ4v) is 2.98. The molecule has 0 radical (unpaired) electrons. The van der Waals surface area contributed by atoms with Crippen molar-refractivity contribution in [2.45, 2.75) is 37.3 Å². The van der Waals surface area contributed by atoms with E-state index in [-0.39, 0.29) is 5.09 Å². The van der Waals surface area contributed by atoms with Gasteiger partial charge in [0.25, 0.3) is 10.0 Å². The van der Waals surface area contributed by atoms with Gasteiger partial charge in [0, 0.05) is 0 Å². The number of sulfonamides is 1. The van der Waals surface area contributed by atoms with E-state index in [1.54, 1.807) is 6.07 Å². The number of rotatable bonds is 6. The van der Waals surface area contributed by atoms with Crippen LogP contribution in [0.5, 0.6) is 0 Å². The van der Waals surface area contributed by atoms with Crippen LogP contribution in [0.2, 0.25) is 0 Å². The topological polar surface area (TPSA) is 71.3 Å². The van der Waals surface area contributed by atoms with E-state index in [4.69, 9.17) is 4.42 Å². The standard InChI is InChI=1S/C12H20N2O3S/c1-13-18(15,16)12-7-6-11(17-12)9-14-8-10-4-2-3-5-10/h6-7,10,13-14H,2-5,8-9H2,1H3. The predicted molar refractivity (Wildman–Crippen MR) is 68.6 cm³/mol. The van der Waals surface area contributed by atoms with Gasteiger partial charge < -0.3 is 9.73 Å². The van der Waals surface area contributed by atoms with Crippen molar-refractivity contribution < 1.29 is 12.8 Å². The van der Waals surface area contributed by atoms with E-state index in [0.29, 0.717) is 12.3 Å². The van der Waals surface area contributed by atoms with Crippen molar-refractivity contribution in [1.29, 1.82) is 0 Å². The molecule has 0 atom stereocenters. The zero-order valence-corrected chi connectivity index (χ0v) is 11.4. The van der Waals surface area contributed by atoms with Gasteiger partial charge in [-0.2, -0.15) is 0 Å². The summed E-state index contributed by atoms with van der Waals surface area (Å²) >= 11 is 0. The molecule has 1 aliphatic carbocycles. The van der Waals surface area contributed by atoms with Crippen LogP contribution < -0.4 is 10.0 Å². The van der Waals surface area contributed by atoms with Gasteiger partial charge in [-0.3, -0.25) is 0 Å². The maximum atomic E-state index is 11.5. The molecule has 6 heteroatoms. The molecule has 1 aromatic rings. The van der Waals surface area contributed by atoms with Gasteiger partial charge in [-0.15, -0.1) is 0 Å². The summed E-state index contributed by atoms with van der Waals surface area (Å²) in [4.78, 5) is 0. The highest BCUT2D eigenvalue weighted by atomic mass is 32.2. The minimum Gasteiger partial charge on any atom is -0.447 e. The van der Waals surface area contributed by atoms with Crippen molar-refractivity contribution in [3.05, 3.63) is 17.9 Å². The number of hydrogen-bond donors (Lipinski definition) is 2. The number of nitrogens with one attached hydrogen (secondary N) is 2. The SMILES string of the molecule is CNS(=O)(=O)c1ccc(CNCC2CCCC2)o1. The third-order valence-corrected chi connectivity index (χ3v) is 4.66. The molecule has 0 aliphatic heterocycles. The summed E-state index contributed by atoms with van der Waals surface area (Å²) in [5.74, 6) is 1.42. The molecular formula is C12H20N2O3S. The van der Waals surface area contributed by atoms with Gasteiger partial charge in [-0.05, 0) is 44.5 Å². The predicted octanol–water partition coefficient (Wildman–Crippen LogP) is 1.47. The largest absolute Gasteiger partial charge is 0.447 e. The Morgan fingerprint density at radius 1 is 1.33 bits per heavy atom. The highest BCUT2D eigenvalue weighted by Crippen LogP contribution is 2.23. The second kappa shape index (κ2) is 5.86. The molecule has 0 spiro atoms. The highest BCUT2D eigenvalue weighted by Gasteiger charge is 2.17. The van der Waals surface area contributed by atoms with Gasteiger partial charge in [0.15, 0.2) is 0 Å². The molecule has 18 heavy (non-hydrogen) atoms. The quantitative estimate of drug-likeness (QED) is 0.822. The van der Waals surface area contributed by atoms with E-state index in [0.717, 1.165) is 12.5 Å². The monoisotopic (exact) mass is 272 g/mol. The van der Waals surface area contributed by atoms with Crippen LogP contribution in [0.1, 0.15) is 31.4 Å². The fourth-order valence-electron chi connectivity index (χ4n) is 2.31. The molecule has 0 bridgehead atoms. The Labute approximate surface area is 108 Å². The lowest BCUT2D eigenvalue weighted by atomic mass is 10.1. The average molecular weight is 272 g/mol. The molecule has 0 aromatic carbocycles. The van der Waals surface area contributed by atoms with Gasteiger partial charge in [-0.1, -0.05) is 12.8 Å². The van der Waals surface area contributed by atoms with Crippen LogP contribution in [0.15, 0.2) is 21.6 Å². The Balaban J connectivity index is 1.83. The van der Waals surface area contributed by atoms with Crippen molar-refractivity contribution in [2.24, 2.45) is 5.92 Å². The maximum absolute atomic E-state index is 11.5. The third-order valence-electron chi connectivity index (χ3n) is 3.38. The molecule has 1 heterocycles. The summed E-state index contributed by atoms with van der Waals surface area (Å²) in [6, 6.07) is 3.18. The molecular weight excluding hydrogens is 252 g/mol. The molecule has 102 valence electrons. The first-order chi connectivity index (χ1) is 8.62. The highest BCUT2D eigenvalue weighted by molar-refractivity contribution is 7.89. The molecule has 1 aromatic heterocycles. The lowest BCUT2D eigenvalue weighted by molar-refractivity contribution is 0.390. The molecule has 0 amide bonds. The Hall–Kier alpha value is -0.850. The summed E-state index contributed by atoms with van der Waals surface area (Å²) in [7, 11) is -2.09. The summed E-state index contributed by atoms with van der Waals surface area (Å²) in [5.41, 5.74) is 0. The molecule has 5 nitrogen and oxygen atoms in total. The summed E-state index contributed by atoms with van der Waals surface area (Å²) in [6.07, 6.45) is 5.25. The van der Waals surface area contributed by atoms with Crippen molar-refractivity contribution >= 4 is 10.0 Å². The first-order valence-electron chi connectivity index (χ1n) is 6.35. The van der Waals surface area contributed by atoms with E-state index in [1.165, 1.54) is 38.8 Å². The van der Waals surface area contributed by atoms with Gasteiger partial charge in [0.05, 0.1) is 6.54 Å². The second-order valence-corrected chi connectivity index (χ2v) is 6.53. The first kappa shape index (κ1) is 13.6. The molecule has 0 saturated heterocycles. The van der Waals surface area contributed by atoms with Gasteiger partial charge in [-0.25, -0.2) is 13.1 Å². The molecule has 1 fully saturated rings. The van der Waals surface area contributed by atoms with E-state index in [2.05, 4.69) is 10.0 Å². The van der Waals surface area contributed by atoms with E-state index in [9.17, 15) is 8.42 Å². The Morgan fingerprint density at radius 3 is 2.72 bits per heavy atom. The van der Waals surface area contributed by atoms with Crippen LogP contribution in [-0.4, -0.2) is 22.0 Å². The lowest BCUT2D eigenvalue weighted by Crippen LogP contribution is -2.20. The van der Waals surface area contributed by atoms with E-state index in [1.807, 2.05) is 0 Å². The van der Waals surface area contributed by atoms with Crippen LogP contribution in [0.3, 0.4) is 0 Å². The van der Waals surface area contributed by atoms with Crippen LogP contribution in [0, 0.1) is 5.92 Å². The summed E-state index contributed by atoms with van der Waals surface area (Å²) < 4.78 is 30.5. The van der Waals surface area contributed by atoms with Gasteiger partial charge in [0.1, 0.15) is 5.76 Å². The average Bonchev–Trinajstić information content (AvgIpc) is 3.00. The summed E-state index contributed by atoms with van der Waals surface area (Å²) in [6.45, 7) is 1.56. The van der Waals surface area contributed by atoms with Crippen molar-refractivity contribution in [3.63, 3.8) is 0 Å². The lowest BCUT2D eigenvalue weighted by Gasteiger charge is -2.08. The molecule has 2 N–H and O–H groups in total. The van der Waals surface area contributed by atoms with Crippen molar-refractivity contribution in [1.82, 2.24) is 10.0 Å². The van der Waals surface area contributed by atoms with Crippen LogP contribution in [0.4, 0.5) is 0 Å². The first-order valence-corrected chi connectivity index (χ1v) is 7.83. The Morgan fingerprint density at radius 2 is 2.06 bits per heavy atom. The minimum absolute atomic E-state index is 0.0253. The van der Waals surface area contributed by atoms with Crippen LogP contribution in [0.25, 0.3) is 0 Å². The smallest absolute Gasteiger partial charge is 0.273 e. The normalized spacial score (nSPS) is 17.4. The Bertz CT molecular complexity index is 475. The number of hydrogen-bond acceptors (Lipinski definition) is 4.